The van der Waals surface area contributed by atoms with E-state index in [1.54, 1.807) is 0 Å². The Morgan fingerprint density at radius 3 is 2.59 bits per heavy atom. The molecule has 0 radical (unpaired) electrons. The van der Waals surface area contributed by atoms with Gasteiger partial charge >= 0.3 is 6.03 Å². The first-order valence-electron chi connectivity index (χ1n) is 8.44. The van der Waals surface area contributed by atoms with Gasteiger partial charge in [0.2, 0.25) is 0 Å². The van der Waals surface area contributed by atoms with E-state index in [1.165, 1.54) is 25.7 Å². The SMILES string of the molecule is O=C(NCC1(C2CC2)CC1)NC(CCCO)c1ccccc1. The molecule has 1 unspecified atom stereocenters. The molecule has 22 heavy (non-hydrogen) atoms. The summed E-state index contributed by atoms with van der Waals surface area (Å²) in [7, 11) is 0. The average Bonchev–Trinajstić information content (AvgIpc) is 3.42. The van der Waals surface area contributed by atoms with Gasteiger partial charge in [-0.05, 0) is 55.4 Å². The summed E-state index contributed by atoms with van der Waals surface area (Å²) < 4.78 is 0. The lowest BCUT2D eigenvalue weighted by Crippen LogP contribution is -2.41. The molecule has 0 bridgehead atoms. The third-order valence-electron chi connectivity index (χ3n) is 5.09. The highest BCUT2D eigenvalue weighted by Gasteiger charge is 2.53. The zero-order chi connectivity index (χ0) is 15.4. The highest BCUT2D eigenvalue weighted by Crippen LogP contribution is 2.60. The molecule has 1 atom stereocenters. The van der Waals surface area contributed by atoms with Crippen LogP contribution in [-0.2, 0) is 0 Å². The van der Waals surface area contributed by atoms with Crippen molar-refractivity contribution in [3.05, 3.63) is 35.9 Å². The van der Waals surface area contributed by atoms with Crippen LogP contribution in [0.5, 0.6) is 0 Å². The first-order valence-corrected chi connectivity index (χ1v) is 8.44. The van der Waals surface area contributed by atoms with Crippen molar-refractivity contribution in [1.82, 2.24) is 10.6 Å². The van der Waals surface area contributed by atoms with Crippen molar-refractivity contribution in [3.63, 3.8) is 0 Å². The lowest BCUT2D eigenvalue weighted by Gasteiger charge is -2.21. The van der Waals surface area contributed by atoms with Crippen molar-refractivity contribution in [1.29, 1.82) is 0 Å². The monoisotopic (exact) mass is 302 g/mol. The normalized spacial score (nSPS) is 20.2. The van der Waals surface area contributed by atoms with E-state index in [2.05, 4.69) is 10.6 Å². The van der Waals surface area contributed by atoms with Crippen LogP contribution in [0.3, 0.4) is 0 Å². The van der Waals surface area contributed by atoms with Crippen LogP contribution in [0, 0.1) is 11.3 Å². The van der Waals surface area contributed by atoms with Crippen LogP contribution in [0.25, 0.3) is 0 Å². The van der Waals surface area contributed by atoms with Gasteiger partial charge in [0.1, 0.15) is 0 Å². The molecule has 2 amide bonds. The number of hydrogen-bond acceptors (Lipinski definition) is 2. The van der Waals surface area contributed by atoms with Crippen molar-refractivity contribution in [2.24, 2.45) is 11.3 Å². The molecule has 2 aliphatic carbocycles. The number of carbonyl (C=O) groups is 1. The minimum Gasteiger partial charge on any atom is -0.396 e. The largest absolute Gasteiger partial charge is 0.396 e. The number of aliphatic hydroxyl groups excluding tert-OH is 1. The van der Waals surface area contributed by atoms with E-state index >= 15 is 0 Å². The second-order valence-corrected chi connectivity index (χ2v) is 6.79. The van der Waals surface area contributed by atoms with Gasteiger partial charge in [-0.3, -0.25) is 0 Å². The Labute approximate surface area is 132 Å². The summed E-state index contributed by atoms with van der Waals surface area (Å²) in [5, 5.41) is 15.2. The maximum atomic E-state index is 12.2. The second kappa shape index (κ2) is 6.69. The van der Waals surface area contributed by atoms with Gasteiger partial charge in [0.05, 0.1) is 6.04 Å². The van der Waals surface area contributed by atoms with Gasteiger partial charge in [-0.25, -0.2) is 4.79 Å². The summed E-state index contributed by atoms with van der Waals surface area (Å²) in [6, 6.07) is 9.85. The number of benzene rings is 1. The van der Waals surface area contributed by atoms with Crippen LogP contribution in [0.15, 0.2) is 30.3 Å². The van der Waals surface area contributed by atoms with Crippen molar-refractivity contribution in [2.75, 3.05) is 13.2 Å². The molecule has 2 fully saturated rings. The van der Waals surface area contributed by atoms with Crippen molar-refractivity contribution in [3.8, 4) is 0 Å². The van der Waals surface area contributed by atoms with Gasteiger partial charge in [0, 0.05) is 13.2 Å². The molecule has 3 rings (SSSR count). The van der Waals surface area contributed by atoms with E-state index in [0.717, 1.165) is 24.4 Å². The van der Waals surface area contributed by atoms with Crippen LogP contribution in [0.4, 0.5) is 4.79 Å². The van der Waals surface area contributed by atoms with E-state index in [-0.39, 0.29) is 18.7 Å². The number of hydrogen-bond donors (Lipinski definition) is 3. The van der Waals surface area contributed by atoms with E-state index in [0.29, 0.717) is 11.8 Å². The Morgan fingerprint density at radius 2 is 2.00 bits per heavy atom. The molecular formula is C18H26N2O2. The molecule has 0 heterocycles. The summed E-state index contributed by atoms with van der Waals surface area (Å²) in [6.45, 7) is 0.961. The smallest absolute Gasteiger partial charge is 0.315 e. The Bertz CT molecular complexity index is 495. The predicted molar refractivity (Wildman–Crippen MR) is 86.4 cm³/mol. The predicted octanol–water partition coefficient (Wildman–Crippen LogP) is 2.99. The quantitative estimate of drug-likeness (QED) is 0.691. The average molecular weight is 302 g/mol. The van der Waals surface area contributed by atoms with E-state index < -0.39 is 0 Å². The van der Waals surface area contributed by atoms with Gasteiger partial charge in [0.25, 0.3) is 0 Å². The molecule has 1 aromatic carbocycles. The molecule has 0 aromatic heterocycles. The third-order valence-corrected chi connectivity index (χ3v) is 5.09. The van der Waals surface area contributed by atoms with Crippen LogP contribution >= 0.6 is 0 Å². The van der Waals surface area contributed by atoms with E-state index in [9.17, 15) is 4.79 Å². The Kier molecular flexibility index (Phi) is 4.67. The zero-order valence-electron chi connectivity index (χ0n) is 13.1. The fourth-order valence-electron chi connectivity index (χ4n) is 3.35. The first kappa shape index (κ1) is 15.3. The van der Waals surface area contributed by atoms with Gasteiger partial charge in [-0.2, -0.15) is 0 Å². The standard InChI is InChI=1S/C18H26N2O2/c21-12-4-7-16(14-5-2-1-3-6-14)20-17(22)19-13-18(10-11-18)15-8-9-15/h1-3,5-6,15-16,21H,4,7-13H2,(H2,19,20,22). The summed E-state index contributed by atoms with van der Waals surface area (Å²) in [5.41, 5.74) is 1.51. The molecule has 120 valence electrons. The number of amides is 2. The van der Waals surface area contributed by atoms with Gasteiger partial charge in [0.15, 0.2) is 0 Å². The molecule has 4 nitrogen and oxygen atoms in total. The Morgan fingerprint density at radius 1 is 1.27 bits per heavy atom. The minimum atomic E-state index is -0.0845. The first-order chi connectivity index (χ1) is 10.7. The fourth-order valence-corrected chi connectivity index (χ4v) is 3.35. The van der Waals surface area contributed by atoms with Crippen LogP contribution < -0.4 is 10.6 Å². The minimum absolute atomic E-state index is 0.0376. The number of aliphatic hydroxyl groups is 1. The lowest BCUT2D eigenvalue weighted by atomic mass is 10.0. The number of carbonyl (C=O) groups excluding carboxylic acids is 1. The van der Waals surface area contributed by atoms with E-state index in [4.69, 9.17) is 5.11 Å². The Balaban J connectivity index is 1.52. The van der Waals surface area contributed by atoms with Crippen LogP contribution in [-0.4, -0.2) is 24.3 Å². The topological polar surface area (TPSA) is 61.4 Å². The lowest BCUT2D eigenvalue weighted by molar-refractivity contribution is 0.229. The summed E-state index contributed by atoms with van der Waals surface area (Å²) in [6.07, 6.45) is 6.65. The highest BCUT2D eigenvalue weighted by molar-refractivity contribution is 5.74. The van der Waals surface area contributed by atoms with Gasteiger partial charge < -0.3 is 15.7 Å². The van der Waals surface area contributed by atoms with Gasteiger partial charge in [-0.1, -0.05) is 30.3 Å². The van der Waals surface area contributed by atoms with Crippen LogP contribution in [0.2, 0.25) is 0 Å². The van der Waals surface area contributed by atoms with Crippen molar-refractivity contribution in [2.45, 2.75) is 44.6 Å². The molecule has 1 aromatic rings. The zero-order valence-corrected chi connectivity index (χ0v) is 13.1. The molecule has 2 saturated carbocycles. The van der Waals surface area contributed by atoms with Crippen molar-refractivity contribution < 1.29 is 9.90 Å². The van der Waals surface area contributed by atoms with Crippen molar-refractivity contribution >= 4 is 6.03 Å². The molecule has 0 aliphatic heterocycles. The highest BCUT2D eigenvalue weighted by atomic mass is 16.3. The summed E-state index contributed by atoms with van der Waals surface area (Å²) in [4.78, 5) is 12.2. The summed E-state index contributed by atoms with van der Waals surface area (Å²) in [5.74, 6) is 0.854. The maximum absolute atomic E-state index is 12.2. The number of rotatable bonds is 8. The number of urea groups is 1. The number of nitrogens with one attached hydrogen (secondary N) is 2. The molecule has 2 aliphatic rings. The fraction of sp³-hybridized carbons (Fsp3) is 0.611. The second-order valence-electron chi connectivity index (χ2n) is 6.79. The molecule has 3 N–H and O–H groups in total. The third kappa shape index (κ3) is 3.80. The van der Waals surface area contributed by atoms with Crippen LogP contribution in [0.1, 0.15) is 50.1 Å². The molecule has 0 saturated heterocycles. The molecule has 0 spiro atoms. The Hall–Kier alpha value is -1.55. The van der Waals surface area contributed by atoms with E-state index in [1.807, 2.05) is 30.3 Å². The molecule has 4 heteroatoms. The van der Waals surface area contributed by atoms with Gasteiger partial charge in [-0.15, -0.1) is 0 Å². The molecular weight excluding hydrogens is 276 g/mol. The summed E-state index contributed by atoms with van der Waals surface area (Å²) >= 11 is 0. The maximum Gasteiger partial charge on any atom is 0.315 e.